The highest BCUT2D eigenvalue weighted by atomic mass is 28.3. The molecule has 0 saturated carbocycles. The molecule has 0 unspecified atom stereocenters. The number of rotatable bonds is 7. The molecule has 8 rings (SSSR count). The first-order valence-electron chi connectivity index (χ1n) is 17.7. The monoisotopic (exact) mass is 708 g/mol. The first-order valence-corrected chi connectivity index (χ1v) is 23.9. The summed E-state index contributed by atoms with van der Waals surface area (Å²) in [6.45, 7) is 9.20. The molecule has 0 aliphatic carbocycles. The lowest BCUT2D eigenvalue weighted by Crippen LogP contribution is -2.23. The fourth-order valence-corrected chi connectivity index (χ4v) is 11.7. The quantitative estimate of drug-likeness (QED) is 0.162. The molecule has 0 amide bonds. The molecule has 0 fully saturated rings. The average Bonchev–Trinajstić information content (AvgIpc) is 3.71. The van der Waals surface area contributed by atoms with Gasteiger partial charge in [-0.3, -0.25) is 0 Å². The minimum absolute atomic E-state index is 0.235. The van der Waals surface area contributed by atoms with Crippen LogP contribution >= 0.6 is 0 Å². The second-order valence-corrected chi connectivity index (χ2v) is 23.3. The van der Waals surface area contributed by atoms with Gasteiger partial charge in [0.05, 0.1) is 22.8 Å². The molecule has 0 bridgehead atoms. The minimum atomic E-state index is -1.88. The standard InChI is InChI=1S/C46H40N2O2Si2/c1-51(2)25-13-23-43(51)37-29-33(31-15-7-5-8-16-31)27-35(45(37)49)39-19-11-21-41(47-39)42-22-12-20-40(48-42)36-28-34(32-17-9-6-10-18-32)30-38(46(36)50)44-24-14-26-52(44,3)4/h5-30,49-50H,1-4H3. The summed E-state index contributed by atoms with van der Waals surface area (Å²) in [5.74, 6) is 0.470. The van der Waals surface area contributed by atoms with Crippen LogP contribution in [0.5, 0.6) is 11.5 Å². The van der Waals surface area contributed by atoms with Crippen molar-refractivity contribution in [2.24, 2.45) is 0 Å². The van der Waals surface area contributed by atoms with Crippen LogP contribution in [0.25, 0.3) is 66.5 Å². The number of pyridine rings is 2. The average molecular weight is 709 g/mol. The molecular weight excluding hydrogens is 669 g/mol. The van der Waals surface area contributed by atoms with E-state index in [2.05, 4.69) is 98.3 Å². The molecule has 0 spiro atoms. The Bertz CT molecular complexity index is 2300. The van der Waals surface area contributed by atoms with Crippen molar-refractivity contribution in [3.63, 3.8) is 0 Å². The second kappa shape index (κ2) is 13.1. The van der Waals surface area contributed by atoms with Gasteiger partial charge in [0.15, 0.2) is 0 Å². The van der Waals surface area contributed by atoms with Crippen molar-refractivity contribution in [1.29, 1.82) is 0 Å². The molecule has 2 N–H and O–H groups in total. The van der Waals surface area contributed by atoms with Crippen LogP contribution in [0, 0.1) is 0 Å². The summed E-state index contributed by atoms with van der Waals surface area (Å²) in [7, 11) is -3.76. The molecule has 4 heterocycles. The Morgan fingerprint density at radius 3 is 1.13 bits per heavy atom. The Balaban J connectivity index is 1.24. The van der Waals surface area contributed by atoms with Crippen LogP contribution in [-0.4, -0.2) is 36.3 Å². The van der Waals surface area contributed by atoms with Gasteiger partial charge in [-0.2, -0.15) is 0 Å². The predicted molar refractivity (Wildman–Crippen MR) is 222 cm³/mol. The largest absolute Gasteiger partial charge is 0.507 e. The summed E-state index contributed by atoms with van der Waals surface area (Å²) < 4.78 is 0. The molecule has 0 saturated heterocycles. The molecule has 4 nitrogen and oxygen atoms in total. The number of hydrogen-bond acceptors (Lipinski definition) is 4. The Labute approximate surface area is 307 Å². The summed E-state index contributed by atoms with van der Waals surface area (Å²) in [6, 6.07) is 40.6. The zero-order valence-corrected chi connectivity index (χ0v) is 31.8. The van der Waals surface area contributed by atoms with Crippen molar-refractivity contribution in [2.75, 3.05) is 0 Å². The number of aromatic hydroxyl groups is 2. The molecule has 2 aliphatic heterocycles. The number of nitrogens with zero attached hydrogens (tertiary/aromatic N) is 2. The minimum Gasteiger partial charge on any atom is -0.507 e. The summed E-state index contributed by atoms with van der Waals surface area (Å²) in [5, 5.41) is 26.2. The van der Waals surface area contributed by atoms with E-state index in [1.165, 1.54) is 10.4 Å². The molecule has 6 aromatic rings. The summed E-state index contributed by atoms with van der Waals surface area (Å²) >= 11 is 0. The highest BCUT2D eigenvalue weighted by Crippen LogP contribution is 2.45. The van der Waals surface area contributed by atoms with Crippen LogP contribution in [0.4, 0.5) is 0 Å². The van der Waals surface area contributed by atoms with Gasteiger partial charge in [0.25, 0.3) is 0 Å². The van der Waals surface area contributed by atoms with Crippen molar-refractivity contribution < 1.29 is 10.2 Å². The van der Waals surface area contributed by atoms with Crippen molar-refractivity contribution in [3.8, 4) is 67.7 Å². The first kappa shape index (κ1) is 33.3. The van der Waals surface area contributed by atoms with Crippen molar-refractivity contribution in [2.45, 2.75) is 26.2 Å². The third-order valence-electron chi connectivity index (χ3n) is 10.3. The van der Waals surface area contributed by atoms with Crippen LogP contribution in [0.15, 0.2) is 157 Å². The molecule has 52 heavy (non-hydrogen) atoms. The summed E-state index contributed by atoms with van der Waals surface area (Å²) in [5.41, 5.74) is 14.6. The van der Waals surface area contributed by atoms with E-state index in [9.17, 15) is 10.2 Å². The van der Waals surface area contributed by atoms with Crippen LogP contribution in [0.1, 0.15) is 11.1 Å². The van der Waals surface area contributed by atoms with E-state index < -0.39 is 16.1 Å². The van der Waals surface area contributed by atoms with E-state index in [0.717, 1.165) is 33.4 Å². The molecule has 4 aromatic carbocycles. The Morgan fingerprint density at radius 1 is 0.404 bits per heavy atom. The molecule has 254 valence electrons. The SMILES string of the molecule is C[Si]1(C)C=CC=C1c1cc(-c2ccccc2)cc(-c2cccc(-c3cccc(-c4cc(-c5ccccc5)cc(C5=CC=C[Si]5(C)C)c4O)n3)n2)c1O. The number of phenols is 2. The molecule has 2 aliphatic rings. The van der Waals surface area contributed by atoms with Crippen LogP contribution in [-0.2, 0) is 0 Å². The number of allylic oxidation sites excluding steroid dienone is 4. The summed E-state index contributed by atoms with van der Waals surface area (Å²) in [6.07, 6.45) is 8.54. The first-order chi connectivity index (χ1) is 25.1. The van der Waals surface area contributed by atoms with Gasteiger partial charge >= 0.3 is 0 Å². The van der Waals surface area contributed by atoms with Crippen LogP contribution < -0.4 is 0 Å². The van der Waals surface area contributed by atoms with Crippen molar-refractivity contribution in [1.82, 2.24) is 9.97 Å². The maximum Gasteiger partial charge on any atom is 0.132 e. The number of hydrogen-bond donors (Lipinski definition) is 2. The van der Waals surface area contributed by atoms with E-state index in [1.807, 2.05) is 84.9 Å². The highest BCUT2D eigenvalue weighted by molar-refractivity contribution is 7.00. The lowest BCUT2D eigenvalue weighted by atomic mass is 9.96. The third kappa shape index (κ3) is 6.10. The van der Waals surface area contributed by atoms with E-state index in [0.29, 0.717) is 33.9 Å². The maximum atomic E-state index is 11.9. The Kier molecular flexibility index (Phi) is 8.37. The lowest BCUT2D eigenvalue weighted by molar-refractivity contribution is 0.475. The van der Waals surface area contributed by atoms with Crippen molar-refractivity contribution in [3.05, 3.63) is 168 Å². The smallest absolute Gasteiger partial charge is 0.132 e. The second-order valence-electron chi connectivity index (χ2n) is 14.7. The van der Waals surface area contributed by atoms with E-state index in [4.69, 9.17) is 9.97 Å². The van der Waals surface area contributed by atoms with Gasteiger partial charge in [0.1, 0.15) is 27.6 Å². The molecular formula is C46H40N2O2Si2. The fraction of sp³-hybridized carbons (Fsp3) is 0.0870. The Hall–Kier alpha value is -5.83. The van der Waals surface area contributed by atoms with Gasteiger partial charge in [0.2, 0.25) is 0 Å². The van der Waals surface area contributed by atoms with E-state index >= 15 is 0 Å². The van der Waals surface area contributed by atoms with Gasteiger partial charge < -0.3 is 10.2 Å². The highest BCUT2D eigenvalue weighted by Gasteiger charge is 2.31. The van der Waals surface area contributed by atoms with Gasteiger partial charge in [-0.1, -0.05) is 135 Å². The number of aromatic nitrogens is 2. The van der Waals surface area contributed by atoms with Crippen LogP contribution in [0.3, 0.4) is 0 Å². The maximum absolute atomic E-state index is 11.9. The van der Waals surface area contributed by atoms with Gasteiger partial charge in [-0.15, -0.1) is 0 Å². The summed E-state index contributed by atoms with van der Waals surface area (Å²) in [4.78, 5) is 10.2. The van der Waals surface area contributed by atoms with Gasteiger partial charge in [-0.25, -0.2) is 9.97 Å². The predicted octanol–water partition coefficient (Wildman–Crippen LogP) is 11.7. The fourth-order valence-electron chi connectivity index (χ4n) is 7.37. The zero-order valence-electron chi connectivity index (χ0n) is 29.8. The molecule has 0 radical (unpaired) electrons. The Morgan fingerprint density at radius 2 is 0.769 bits per heavy atom. The van der Waals surface area contributed by atoms with E-state index in [1.54, 1.807) is 0 Å². The molecule has 0 atom stereocenters. The molecule has 2 aromatic heterocycles. The topological polar surface area (TPSA) is 66.2 Å². The van der Waals surface area contributed by atoms with Gasteiger partial charge in [-0.05, 0) is 81.2 Å². The third-order valence-corrected chi connectivity index (χ3v) is 16.0. The number of phenolic OH excluding ortho intramolecular Hbond substituents is 2. The van der Waals surface area contributed by atoms with Crippen molar-refractivity contribution >= 4 is 26.5 Å². The van der Waals surface area contributed by atoms with Crippen LogP contribution in [0.2, 0.25) is 26.2 Å². The molecule has 6 heteroatoms. The lowest BCUT2D eigenvalue weighted by Gasteiger charge is -2.22. The normalized spacial score (nSPS) is 15.5. The van der Waals surface area contributed by atoms with E-state index in [-0.39, 0.29) is 11.5 Å². The van der Waals surface area contributed by atoms with Gasteiger partial charge in [0, 0.05) is 22.3 Å². The number of benzene rings is 4. The zero-order chi connectivity index (χ0) is 36.0.